The Morgan fingerprint density at radius 2 is 1.30 bits per heavy atom. The highest BCUT2D eigenvalue weighted by molar-refractivity contribution is 7.80. The fraction of sp³-hybridized carbons (Fsp3) is 0.609. The summed E-state index contributed by atoms with van der Waals surface area (Å²) in [4.78, 5) is 10.9. The SMILES string of the molecule is CC(C)=CCC/C(C)=C/CC/C(C)=C/CC/C(C)=C/CNC(CS)C(=O)O. The summed E-state index contributed by atoms with van der Waals surface area (Å²) >= 11 is 4.05. The monoisotopic (exact) mass is 393 g/mol. The summed E-state index contributed by atoms with van der Waals surface area (Å²) in [6, 6.07) is -0.585. The summed E-state index contributed by atoms with van der Waals surface area (Å²) in [6.07, 6.45) is 15.6. The summed E-state index contributed by atoms with van der Waals surface area (Å²) in [7, 11) is 0. The number of aliphatic carboxylic acids is 1. The molecule has 0 aliphatic rings. The zero-order chi connectivity index (χ0) is 20.7. The van der Waals surface area contributed by atoms with Crippen molar-refractivity contribution < 1.29 is 9.90 Å². The van der Waals surface area contributed by atoms with Gasteiger partial charge >= 0.3 is 5.97 Å². The van der Waals surface area contributed by atoms with E-state index < -0.39 is 12.0 Å². The molecule has 1 unspecified atom stereocenters. The maximum atomic E-state index is 10.9. The highest BCUT2D eigenvalue weighted by Gasteiger charge is 2.12. The van der Waals surface area contributed by atoms with Crippen molar-refractivity contribution in [2.45, 2.75) is 79.2 Å². The van der Waals surface area contributed by atoms with E-state index in [1.165, 1.54) is 22.3 Å². The predicted octanol–water partition coefficient (Wildman–Crippen LogP) is 6.10. The van der Waals surface area contributed by atoms with Gasteiger partial charge in [0.25, 0.3) is 0 Å². The van der Waals surface area contributed by atoms with Crippen LogP contribution >= 0.6 is 12.6 Å². The molecule has 2 N–H and O–H groups in total. The highest BCUT2D eigenvalue weighted by Crippen LogP contribution is 2.13. The molecule has 3 nitrogen and oxygen atoms in total. The number of rotatable bonds is 14. The molecule has 0 bridgehead atoms. The summed E-state index contributed by atoms with van der Waals surface area (Å²) in [6.45, 7) is 11.4. The molecule has 1 atom stereocenters. The lowest BCUT2D eigenvalue weighted by molar-refractivity contribution is -0.138. The van der Waals surface area contributed by atoms with Gasteiger partial charge in [0, 0.05) is 12.3 Å². The van der Waals surface area contributed by atoms with Crippen molar-refractivity contribution in [2.75, 3.05) is 12.3 Å². The Kier molecular flexibility index (Phi) is 15.0. The molecule has 27 heavy (non-hydrogen) atoms. The molecule has 0 radical (unpaired) electrons. The summed E-state index contributed by atoms with van der Waals surface area (Å²) in [5, 5.41) is 11.9. The number of hydrogen-bond donors (Lipinski definition) is 3. The molecule has 0 aromatic rings. The van der Waals surface area contributed by atoms with Crippen LogP contribution in [0, 0.1) is 0 Å². The van der Waals surface area contributed by atoms with Crippen molar-refractivity contribution in [1.82, 2.24) is 5.32 Å². The molecule has 0 rings (SSSR count). The molecule has 4 heteroatoms. The van der Waals surface area contributed by atoms with Gasteiger partial charge in [0.15, 0.2) is 0 Å². The number of hydrogen-bond acceptors (Lipinski definition) is 3. The van der Waals surface area contributed by atoms with E-state index in [-0.39, 0.29) is 0 Å². The molecule has 0 heterocycles. The van der Waals surface area contributed by atoms with Crippen molar-refractivity contribution in [3.63, 3.8) is 0 Å². The maximum absolute atomic E-state index is 10.9. The summed E-state index contributed by atoms with van der Waals surface area (Å²) in [5.41, 5.74) is 5.60. The molecule has 0 aromatic carbocycles. The third-order valence-corrected chi connectivity index (χ3v) is 4.81. The van der Waals surface area contributed by atoms with Crippen LogP contribution < -0.4 is 5.32 Å². The fourth-order valence-corrected chi connectivity index (χ4v) is 2.88. The maximum Gasteiger partial charge on any atom is 0.321 e. The number of nitrogens with one attached hydrogen (secondary N) is 1. The van der Waals surface area contributed by atoms with Gasteiger partial charge in [-0.05, 0) is 73.1 Å². The first-order chi connectivity index (χ1) is 12.8. The first-order valence-electron chi connectivity index (χ1n) is 9.93. The second-order valence-electron chi connectivity index (χ2n) is 7.53. The fourth-order valence-electron chi connectivity index (χ4n) is 2.59. The Bertz CT molecular complexity index is 555. The average Bonchev–Trinajstić information content (AvgIpc) is 2.58. The largest absolute Gasteiger partial charge is 0.480 e. The van der Waals surface area contributed by atoms with E-state index in [1.807, 2.05) is 0 Å². The van der Waals surface area contributed by atoms with Crippen LogP contribution in [0.5, 0.6) is 0 Å². The van der Waals surface area contributed by atoms with Crippen molar-refractivity contribution in [3.05, 3.63) is 46.6 Å². The molecule has 0 fully saturated rings. The first-order valence-corrected chi connectivity index (χ1v) is 10.6. The first kappa shape index (κ1) is 25.7. The second kappa shape index (κ2) is 15.8. The standard InChI is InChI=1S/C23H39NO2S/c1-18(2)9-6-10-19(3)11-7-12-20(4)13-8-14-21(5)15-16-24-22(17-27)23(25)26/h9,11,13,15,22,24,27H,6-8,10,12,14,16-17H2,1-5H3,(H,25,26)/b19-11+,20-13+,21-15+. The lowest BCUT2D eigenvalue weighted by atomic mass is 10.0. The van der Waals surface area contributed by atoms with Gasteiger partial charge in [0.2, 0.25) is 0 Å². The van der Waals surface area contributed by atoms with Gasteiger partial charge in [-0.3, -0.25) is 4.79 Å². The number of allylic oxidation sites excluding steroid dienone is 7. The molecule has 154 valence electrons. The van der Waals surface area contributed by atoms with Gasteiger partial charge < -0.3 is 10.4 Å². The minimum absolute atomic E-state index is 0.299. The quantitative estimate of drug-likeness (QED) is 0.247. The topological polar surface area (TPSA) is 49.3 Å². The third kappa shape index (κ3) is 15.5. The number of carboxylic acid groups (broad SMARTS) is 1. The minimum atomic E-state index is -0.851. The highest BCUT2D eigenvalue weighted by atomic mass is 32.1. The van der Waals surface area contributed by atoms with Crippen molar-refractivity contribution in [1.29, 1.82) is 0 Å². The van der Waals surface area contributed by atoms with Crippen LogP contribution in [0.3, 0.4) is 0 Å². The van der Waals surface area contributed by atoms with E-state index in [0.29, 0.717) is 12.3 Å². The van der Waals surface area contributed by atoms with Crippen LogP contribution in [0.2, 0.25) is 0 Å². The number of thiol groups is 1. The molecular formula is C23H39NO2S. The molecule has 0 saturated heterocycles. The van der Waals surface area contributed by atoms with Crippen LogP contribution in [0.25, 0.3) is 0 Å². The Balaban J connectivity index is 4.08. The van der Waals surface area contributed by atoms with Gasteiger partial charge in [-0.25, -0.2) is 0 Å². The van der Waals surface area contributed by atoms with Crippen LogP contribution in [0.1, 0.15) is 73.1 Å². The van der Waals surface area contributed by atoms with Gasteiger partial charge in [-0.1, -0.05) is 46.6 Å². The zero-order valence-corrected chi connectivity index (χ0v) is 18.7. The van der Waals surface area contributed by atoms with Gasteiger partial charge in [0.1, 0.15) is 6.04 Å². The Labute approximate surface area is 172 Å². The Morgan fingerprint density at radius 3 is 1.70 bits per heavy atom. The Hall–Kier alpha value is -1.26. The molecule has 0 saturated carbocycles. The van der Waals surface area contributed by atoms with E-state index in [2.05, 4.69) is 76.9 Å². The van der Waals surface area contributed by atoms with E-state index in [9.17, 15) is 4.79 Å². The number of carbonyl (C=O) groups is 1. The number of carboxylic acids is 1. The van der Waals surface area contributed by atoms with Crippen LogP contribution in [-0.4, -0.2) is 29.4 Å². The predicted molar refractivity (Wildman–Crippen MR) is 122 cm³/mol. The molecular weight excluding hydrogens is 354 g/mol. The third-order valence-electron chi connectivity index (χ3n) is 4.45. The molecule has 0 spiro atoms. The van der Waals surface area contributed by atoms with E-state index in [1.54, 1.807) is 0 Å². The van der Waals surface area contributed by atoms with Gasteiger partial charge in [0.05, 0.1) is 0 Å². The molecule has 0 aromatic heterocycles. The van der Waals surface area contributed by atoms with E-state index >= 15 is 0 Å². The normalized spacial score (nSPS) is 14.2. The van der Waals surface area contributed by atoms with E-state index in [0.717, 1.165) is 38.5 Å². The minimum Gasteiger partial charge on any atom is -0.480 e. The van der Waals surface area contributed by atoms with Crippen molar-refractivity contribution in [3.8, 4) is 0 Å². The Morgan fingerprint density at radius 1 is 0.852 bits per heavy atom. The smallest absolute Gasteiger partial charge is 0.321 e. The molecule has 0 aliphatic heterocycles. The van der Waals surface area contributed by atoms with Crippen molar-refractivity contribution >= 4 is 18.6 Å². The van der Waals surface area contributed by atoms with Crippen LogP contribution in [0.4, 0.5) is 0 Å². The van der Waals surface area contributed by atoms with Crippen LogP contribution in [-0.2, 0) is 4.79 Å². The summed E-state index contributed by atoms with van der Waals surface area (Å²) < 4.78 is 0. The molecule has 0 aliphatic carbocycles. The van der Waals surface area contributed by atoms with Crippen molar-refractivity contribution in [2.24, 2.45) is 0 Å². The van der Waals surface area contributed by atoms with Gasteiger partial charge in [-0.15, -0.1) is 0 Å². The lowest BCUT2D eigenvalue weighted by Crippen LogP contribution is -2.38. The van der Waals surface area contributed by atoms with Crippen LogP contribution in [0.15, 0.2) is 46.6 Å². The summed E-state index contributed by atoms with van der Waals surface area (Å²) in [5.74, 6) is -0.552. The van der Waals surface area contributed by atoms with Gasteiger partial charge in [-0.2, -0.15) is 12.6 Å². The molecule has 0 amide bonds. The lowest BCUT2D eigenvalue weighted by Gasteiger charge is -2.10. The zero-order valence-electron chi connectivity index (χ0n) is 17.8. The van der Waals surface area contributed by atoms with E-state index in [4.69, 9.17) is 5.11 Å². The second-order valence-corrected chi connectivity index (χ2v) is 7.90. The average molecular weight is 394 g/mol.